The smallest absolute Gasteiger partial charge is 0.480 e. The number of hydrogen-bond acceptors (Lipinski definition) is 10. The van der Waals surface area contributed by atoms with Crippen LogP contribution in [0.4, 0.5) is 9.59 Å². The highest BCUT2D eigenvalue weighted by Gasteiger charge is 2.39. The lowest BCUT2D eigenvalue weighted by Gasteiger charge is -2.30. The van der Waals surface area contributed by atoms with Crippen LogP contribution >= 0.6 is 7.75 Å². The van der Waals surface area contributed by atoms with E-state index in [1.807, 2.05) is 0 Å². The summed E-state index contributed by atoms with van der Waals surface area (Å²) in [5.41, 5.74) is 6.86. The number of carbonyl (C=O) groups is 3. The second-order valence-corrected chi connectivity index (χ2v) is 11.5. The van der Waals surface area contributed by atoms with E-state index in [1.165, 1.54) is 7.05 Å². The number of benzene rings is 1. The fourth-order valence-corrected chi connectivity index (χ4v) is 4.74. The van der Waals surface area contributed by atoms with E-state index in [2.05, 4.69) is 4.76 Å². The number of aliphatic carboxylic acids is 1. The van der Waals surface area contributed by atoms with Crippen molar-refractivity contribution in [3.63, 3.8) is 0 Å². The Morgan fingerprint density at radius 3 is 1.74 bits per heavy atom. The van der Waals surface area contributed by atoms with Gasteiger partial charge in [0.1, 0.15) is 6.04 Å². The molecule has 0 heterocycles. The molecule has 238 valence electrons. The van der Waals surface area contributed by atoms with Crippen molar-refractivity contribution in [1.82, 2.24) is 4.90 Å². The Morgan fingerprint density at radius 1 is 0.905 bits per heavy atom. The van der Waals surface area contributed by atoms with Gasteiger partial charge in [-0.15, -0.1) is 4.76 Å². The Labute approximate surface area is 247 Å². The van der Waals surface area contributed by atoms with Crippen molar-refractivity contribution in [2.24, 2.45) is 22.3 Å². The summed E-state index contributed by atoms with van der Waals surface area (Å²) in [6, 6.07) is 7.59. The van der Waals surface area contributed by atoms with E-state index in [1.54, 1.807) is 71.9 Å². The molecule has 3 N–H and O–H groups in total. The van der Waals surface area contributed by atoms with Gasteiger partial charge in [-0.2, -0.15) is 0 Å². The zero-order valence-electron chi connectivity index (χ0n) is 25.3. The van der Waals surface area contributed by atoms with Gasteiger partial charge < -0.3 is 34.7 Å². The van der Waals surface area contributed by atoms with Gasteiger partial charge in [-0.3, -0.25) is 0 Å². The molecule has 0 aliphatic rings. The SMILES string of the molecule is CCCOC(=O)OC(OP(=O)(N=C(N)N(C)C(Cc1ccccc1)C(=O)O)OC(OC(=O)OCCC)C(C)C)C(C)C. The number of rotatable bonds is 17. The molecule has 1 aromatic rings. The highest BCUT2D eigenvalue weighted by Crippen LogP contribution is 2.54. The summed E-state index contributed by atoms with van der Waals surface area (Å²) >= 11 is 0. The standard InChI is InChI=1S/C27H44N3O11P/c1-8-15-36-26(33)38-23(18(3)4)40-42(35,41-24(19(5)6)39-27(34)37-16-9-2)29-25(28)30(7)21(22(31)32)17-20-13-11-10-12-14-20/h10-14,18-19,21,23-24H,8-9,15-17H2,1-7H3,(H,31,32)(H2,28,29,35). The molecule has 1 rings (SSSR count). The Balaban J connectivity index is 3.44. The fraction of sp³-hybridized carbons (Fsp3) is 0.630. The molecule has 3 unspecified atom stereocenters. The van der Waals surface area contributed by atoms with Gasteiger partial charge in [-0.25, -0.2) is 28.0 Å². The van der Waals surface area contributed by atoms with Crippen molar-refractivity contribution in [1.29, 1.82) is 0 Å². The summed E-state index contributed by atoms with van der Waals surface area (Å²) in [5, 5.41) is 9.90. The minimum Gasteiger partial charge on any atom is -0.480 e. The maximum absolute atomic E-state index is 14.1. The topological polar surface area (TPSA) is 186 Å². The van der Waals surface area contributed by atoms with Crippen LogP contribution in [0.3, 0.4) is 0 Å². The normalized spacial score (nSPS) is 15.3. The molecular formula is C27H44N3O11P. The molecule has 0 bridgehead atoms. The van der Waals surface area contributed by atoms with Gasteiger partial charge in [0.15, 0.2) is 0 Å². The van der Waals surface area contributed by atoms with Gasteiger partial charge in [-0.1, -0.05) is 71.9 Å². The van der Waals surface area contributed by atoms with Gasteiger partial charge in [-0.05, 0) is 18.4 Å². The van der Waals surface area contributed by atoms with E-state index in [4.69, 9.17) is 33.7 Å². The van der Waals surface area contributed by atoms with Crippen LogP contribution in [0.1, 0.15) is 59.9 Å². The molecule has 0 saturated heterocycles. The molecule has 42 heavy (non-hydrogen) atoms. The summed E-state index contributed by atoms with van der Waals surface area (Å²) in [7, 11) is -3.45. The second-order valence-electron chi connectivity index (χ2n) is 9.95. The maximum atomic E-state index is 14.1. The lowest BCUT2D eigenvalue weighted by Crippen LogP contribution is -2.47. The van der Waals surface area contributed by atoms with E-state index >= 15 is 0 Å². The van der Waals surface area contributed by atoms with Crippen LogP contribution in [-0.2, 0) is 43.8 Å². The first-order valence-corrected chi connectivity index (χ1v) is 15.2. The Bertz CT molecular complexity index is 1030. The third kappa shape index (κ3) is 13.1. The van der Waals surface area contributed by atoms with Crippen molar-refractivity contribution < 1.29 is 52.1 Å². The molecule has 3 atom stereocenters. The average molecular weight is 618 g/mol. The van der Waals surface area contributed by atoms with Gasteiger partial charge in [0.2, 0.25) is 18.5 Å². The highest BCUT2D eigenvalue weighted by atomic mass is 31.2. The lowest BCUT2D eigenvalue weighted by atomic mass is 10.1. The van der Waals surface area contributed by atoms with Crippen LogP contribution in [0.25, 0.3) is 0 Å². The van der Waals surface area contributed by atoms with E-state index in [0.29, 0.717) is 18.4 Å². The lowest BCUT2D eigenvalue weighted by molar-refractivity contribution is -0.141. The number of carbonyl (C=O) groups excluding carboxylic acids is 2. The van der Waals surface area contributed by atoms with Crippen LogP contribution in [0, 0.1) is 11.8 Å². The van der Waals surface area contributed by atoms with Gasteiger partial charge in [0, 0.05) is 25.3 Å². The summed E-state index contributed by atoms with van der Waals surface area (Å²) in [6.07, 6.45) is -4.05. The quantitative estimate of drug-likeness (QED) is 0.0768. The minimum atomic E-state index is -4.80. The van der Waals surface area contributed by atoms with Gasteiger partial charge in [0.05, 0.1) is 13.2 Å². The molecule has 0 aliphatic carbocycles. The number of carboxylic acids is 1. The number of nitrogens with two attached hydrogens (primary N) is 1. The molecular weight excluding hydrogens is 573 g/mol. The van der Waals surface area contributed by atoms with Crippen molar-refractivity contribution in [3.05, 3.63) is 35.9 Å². The number of hydrogen-bond donors (Lipinski definition) is 2. The van der Waals surface area contributed by atoms with Crippen molar-refractivity contribution in [2.45, 2.75) is 79.4 Å². The van der Waals surface area contributed by atoms with Crippen LogP contribution < -0.4 is 5.73 Å². The van der Waals surface area contributed by atoms with Gasteiger partial charge in [0.25, 0.3) is 0 Å². The molecule has 0 spiro atoms. The zero-order valence-corrected chi connectivity index (χ0v) is 26.2. The molecule has 0 aliphatic heterocycles. The van der Waals surface area contributed by atoms with E-state index < -0.39 is 62.4 Å². The molecule has 0 radical (unpaired) electrons. The van der Waals surface area contributed by atoms with Crippen LogP contribution in [-0.4, -0.2) is 73.1 Å². The maximum Gasteiger partial charge on any atom is 0.510 e. The van der Waals surface area contributed by atoms with Crippen molar-refractivity contribution in [2.75, 3.05) is 20.3 Å². The largest absolute Gasteiger partial charge is 0.510 e. The van der Waals surface area contributed by atoms with Crippen molar-refractivity contribution in [3.8, 4) is 0 Å². The highest BCUT2D eigenvalue weighted by molar-refractivity contribution is 7.52. The molecule has 15 heteroatoms. The van der Waals surface area contributed by atoms with E-state index in [9.17, 15) is 24.1 Å². The molecule has 0 saturated carbocycles. The first-order valence-electron chi connectivity index (χ1n) is 13.7. The average Bonchev–Trinajstić information content (AvgIpc) is 2.92. The molecule has 0 amide bonds. The predicted octanol–water partition coefficient (Wildman–Crippen LogP) is 5.16. The summed E-state index contributed by atoms with van der Waals surface area (Å²) in [6.45, 7) is 10.2. The number of carboxylic acid groups (broad SMARTS) is 1. The number of ether oxygens (including phenoxy) is 4. The fourth-order valence-electron chi connectivity index (χ4n) is 3.10. The number of likely N-dealkylation sites (N-methyl/N-ethyl adjacent to an activating group) is 1. The third-order valence-corrected chi connectivity index (χ3v) is 6.84. The van der Waals surface area contributed by atoms with Gasteiger partial charge >= 0.3 is 26.0 Å². The molecule has 14 nitrogen and oxygen atoms in total. The molecule has 1 aromatic carbocycles. The third-order valence-electron chi connectivity index (χ3n) is 5.45. The summed E-state index contributed by atoms with van der Waals surface area (Å²) < 4.78 is 49.6. The van der Waals surface area contributed by atoms with Crippen molar-refractivity contribution >= 4 is 32.0 Å². The van der Waals surface area contributed by atoms with Crippen LogP contribution in [0.15, 0.2) is 35.1 Å². The van der Waals surface area contributed by atoms with E-state index in [-0.39, 0.29) is 19.6 Å². The second kappa shape index (κ2) is 18.2. The zero-order chi connectivity index (χ0) is 31.9. The predicted molar refractivity (Wildman–Crippen MR) is 153 cm³/mol. The van der Waals surface area contributed by atoms with Crippen LogP contribution in [0.2, 0.25) is 0 Å². The summed E-state index contributed by atoms with van der Waals surface area (Å²) in [5.74, 6) is -2.90. The van der Waals surface area contributed by atoms with Crippen LogP contribution in [0.5, 0.6) is 0 Å². The molecule has 0 aromatic heterocycles. The molecule has 0 fully saturated rings. The number of nitrogens with zero attached hydrogens (tertiary/aromatic N) is 2. The summed E-state index contributed by atoms with van der Waals surface area (Å²) in [4.78, 5) is 37.6. The van der Waals surface area contributed by atoms with E-state index in [0.717, 1.165) is 4.90 Å². The first-order chi connectivity index (χ1) is 19.7. The minimum absolute atomic E-state index is 0.0386. The first kappa shape index (κ1) is 36.7. The monoisotopic (exact) mass is 617 g/mol. The number of guanidine groups is 1. The Kier molecular flexibility index (Phi) is 15.9. The Morgan fingerprint density at radius 2 is 1.36 bits per heavy atom. The Hall–Kier alpha value is -3.35.